The molecule has 0 aliphatic heterocycles. The van der Waals surface area contributed by atoms with E-state index in [0.29, 0.717) is 18.5 Å². The number of fused-ring (bicyclic) bond motifs is 1. The molecular formula is C16H20N2O4. The molecule has 0 saturated carbocycles. The molecule has 0 amide bonds. The normalized spacial score (nSPS) is 10.8. The number of pyridine rings is 1. The highest BCUT2D eigenvalue weighted by Crippen LogP contribution is 2.20. The lowest BCUT2D eigenvalue weighted by Gasteiger charge is -2.22. The first-order chi connectivity index (χ1) is 10.6. The first-order valence-electron chi connectivity index (χ1n) is 7.27. The first-order valence-corrected chi connectivity index (χ1v) is 7.27. The zero-order chi connectivity index (χ0) is 16.1. The molecular weight excluding hydrogens is 284 g/mol. The topological polar surface area (TPSA) is 82.8 Å². The van der Waals surface area contributed by atoms with Crippen molar-refractivity contribution in [2.45, 2.75) is 19.9 Å². The van der Waals surface area contributed by atoms with Gasteiger partial charge in [0.25, 0.3) is 5.56 Å². The Bertz CT molecular complexity index is 724. The number of aliphatic hydroxyl groups is 1. The van der Waals surface area contributed by atoms with Gasteiger partial charge in [0, 0.05) is 36.9 Å². The number of carbonyl (C=O) groups is 1. The van der Waals surface area contributed by atoms with E-state index < -0.39 is 5.97 Å². The Labute approximate surface area is 128 Å². The Morgan fingerprint density at radius 3 is 2.73 bits per heavy atom. The van der Waals surface area contributed by atoms with Crippen LogP contribution in [0.5, 0.6) is 0 Å². The lowest BCUT2D eigenvalue weighted by atomic mass is 10.1. The summed E-state index contributed by atoms with van der Waals surface area (Å²) in [6, 6.07) is 7.31. The molecule has 0 radical (unpaired) electrons. The molecule has 6 heteroatoms. The van der Waals surface area contributed by atoms with Crippen LogP contribution in [0.1, 0.15) is 13.3 Å². The SMILES string of the molecule is CCN(CCC(=O)O)c1ccc2c(=O)n(CCO)ccc2c1. The number of benzene rings is 1. The van der Waals surface area contributed by atoms with Gasteiger partial charge in [0.1, 0.15) is 0 Å². The second kappa shape index (κ2) is 7.09. The lowest BCUT2D eigenvalue weighted by molar-refractivity contribution is -0.136. The van der Waals surface area contributed by atoms with E-state index in [1.807, 2.05) is 30.0 Å². The van der Waals surface area contributed by atoms with Crippen molar-refractivity contribution in [1.29, 1.82) is 0 Å². The van der Waals surface area contributed by atoms with Crippen LogP contribution in [0.4, 0.5) is 5.69 Å². The number of aliphatic carboxylic acids is 1. The van der Waals surface area contributed by atoms with Gasteiger partial charge < -0.3 is 19.7 Å². The van der Waals surface area contributed by atoms with Gasteiger partial charge in [-0.25, -0.2) is 0 Å². The summed E-state index contributed by atoms with van der Waals surface area (Å²) in [7, 11) is 0. The number of carboxylic acids is 1. The number of aliphatic hydroxyl groups excluding tert-OH is 1. The molecule has 0 fully saturated rings. The summed E-state index contributed by atoms with van der Waals surface area (Å²) in [6.07, 6.45) is 1.74. The zero-order valence-electron chi connectivity index (χ0n) is 12.5. The van der Waals surface area contributed by atoms with Crippen LogP contribution in [0.15, 0.2) is 35.3 Å². The maximum atomic E-state index is 12.2. The minimum absolute atomic E-state index is 0.0734. The van der Waals surface area contributed by atoms with Crippen molar-refractivity contribution in [2.24, 2.45) is 0 Å². The van der Waals surface area contributed by atoms with Gasteiger partial charge in [-0.2, -0.15) is 0 Å². The van der Waals surface area contributed by atoms with Gasteiger partial charge in [0.15, 0.2) is 0 Å². The number of anilines is 1. The lowest BCUT2D eigenvalue weighted by Crippen LogP contribution is -2.26. The fourth-order valence-corrected chi connectivity index (χ4v) is 2.46. The van der Waals surface area contributed by atoms with Gasteiger partial charge >= 0.3 is 5.97 Å². The number of hydrogen-bond donors (Lipinski definition) is 2. The van der Waals surface area contributed by atoms with E-state index in [0.717, 1.165) is 11.1 Å². The highest BCUT2D eigenvalue weighted by Gasteiger charge is 2.09. The molecule has 0 aliphatic carbocycles. The molecule has 0 bridgehead atoms. The van der Waals surface area contributed by atoms with Crippen LogP contribution in [0.3, 0.4) is 0 Å². The summed E-state index contributed by atoms with van der Waals surface area (Å²) in [4.78, 5) is 24.9. The first kappa shape index (κ1) is 16.0. The number of carboxylic acid groups (broad SMARTS) is 1. The highest BCUT2D eigenvalue weighted by atomic mass is 16.4. The summed E-state index contributed by atoms with van der Waals surface area (Å²) in [5, 5.41) is 19.2. The summed E-state index contributed by atoms with van der Waals surface area (Å²) in [5.74, 6) is -0.828. The quantitative estimate of drug-likeness (QED) is 0.805. The van der Waals surface area contributed by atoms with E-state index >= 15 is 0 Å². The largest absolute Gasteiger partial charge is 0.481 e. The van der Waals surface area contributed by atoms with Crippen molar-refractivity contribution < 1.29 is 15.0 Å². The van der Waals surface area contributed by atoms with Gasteiger partial charge in [-0.3, -0.25) is 9.59 Å². The molecule has 1 heterocycles. The minimum atomic E-state index is -0.828. The Hall–Kier alpha value is -2.34. The molecule has 0 unspecified atom stereocenters. The fraction of sp³-hybridized carbons (Fsp3) is 0.375. The van der Waals surface area contributed by atoms with Gasteiger partial charge in [0.2, 0.25) is 0 Å². The van der Waals surface area contributed by atoms with Crippen LogP contribution in [0.25, 0.3) is 10.8 Å². The van der Waals surface area contributed by atoms with Crippen LogP contribution in [0, 0.1) is 0 Å². The van der Waals surface area contributed by atoms with Crippen LogP contribution < -0.4 is 10.5 Å². The van der Waals surface area contributed by atoms with E-state index in [9.17, 15) is 9.59 Å². The van der Waals surface area contributed by atoms with Crippen molar-refractivity contribution in [1.82, 2.24) is 4.57 Å². The predicted octanol–water partition coefficient (Wildman–Crippen LogP) is 1.29. The molecule has 2 N–H and O–H groups in total. The smallest absolute Gasteiger partial charge is 0.305 e. The van der Waals surface area contributed by atoms with E-state index in [-0.39, 0.29) is 25.1 Å². The maximum absolute atomic E-state index is 12.2. The second-order valence-electron chi connectivity index (χ2n) is 5.03. The number of rotatable bonds is 7. The molecule has 0 spiro atoms. The van der Waals surface area contributed by atoms with Crippen molar-refractivity contribution >= 4 is 22.4 Å². The zero-order valence-corrected chi connectivity index (χ0v) is 12.5. The molecule has 0 aliphatic rings. The third kappa shape index (κ3) is 3.46. The van der Waals surface area contributed by atoms with Gasteiger partial charge in [0.05, 0.1) is 13.0 Å². The van der Waals surface area contributed by atoms with E-state index in [4.69, 9.17) is 10.2 Å². The van der Waals surface area contributed by atoms with Crippen molar-refractivity contribution in [3.8, 4) is 0 Å². The molecule has 0 atom stereocenters. The average molecular weight is 304 g/mol. The molecule has 1 aromatic carbocycles. The van der Waals surface area contributed by atoms with Crippen molar-refractivity contribution in [3.05, 3.63) is 40.8 Å². The van der Waals surface area contributed by atoms with E-state index in [2.05, 4.69) is 0 Å². The molecule has 22 heavy (non-hydrogen) atoms. The maximum Gasteiger partial charge on any atom is 0.305 e. The fourth-order valence-electron chi connectivity index (χ4n) is 2.46. The van der Waals surface area contributed by atoms with Crippen molar-refractivity contribution in [2.75, 3.05) is 24.6 Å². The van der Waals surface area contributed by atoms with Crippen LogP contribution in [-0.4, -0.2) is 40.4 Å². The summed E-state index contributed by atoms with van der Waals surface area (Å²) >= 11 is 0. The number of nitrogens with zero attached hydrogens (tertiary/aromatic N) is 2. The molecule has 0 saturated heterocycles. The average Bonchev–Trinajstić information content (AvgIpc) is 2.50. The standard InChI is InChI=1S/C16H20N2O4/c1-2-17(8-6-15(20)21)13-3-4-14-12(11-13)5-7-18(9-10-19)16(14)22/h3-5,7,11,19H,2,6,8-10H2,1H3,(H,20,21). The molecule has 1 aromatic heterocycles. The molecule has 2 aromatic rings. The number of aromatic nitrogens is 1. The summed E-state index contributed by atoms with van der Waals surface area (Å²) in [6.45, 7) is 3.28. The monoisotopic (exact) mass is 304 g/mol. The highest BCUT2D eigenvalue weighted by molar-refractivity contribution is 5.85. The Morgan fingerprint density at radius 2 is 2.09 bits per heavy atom. The predicted molar refractivity (Wildman–Crippen MR) is 85.4 cm³/mol. The van der Waals surface area contributed by atoms with Crippen molar-refractivity contribution in [3.63, 3.8) is 0 Å². The Balaban J connectivity index is 2.36. The third-order valence-corrected chi connectivity index (χ3v) is 3.64. The molecule has 2 rings (SSSR count). The summed E-state index contributed by atoms with van der Waals surface area (Å²) < 4.78 is 1.48. The summed E-state index contributed by atoms with van der Waals surface area (Å²) in [5.41, 5.74) is 0.766. The minimum Gasteiger partial charge on any atom is -0.481 e. The second-order valence-corrected chi connectivity index (χ2v) is 5.03. The molecule has 118 valence electrons. The van der Waals surface area contributed by atoms with Gasteiger partial charge in [-0.05, 0) is 36.6 Å². The number of hydrogen-bond acceptors (Lipinski definition) is 4. The van der Waals surface area contributed by atoms with Crippen LogP contribution in [-0.2, 0) is 11.3 Å². The van der Waals surface area contributed by atoms with Gasteiger partial charge in [-0.15, -0.1) is 0 Å². The van der Waals surface area contributed by atoms with Crippen LogP contribution >= 0.6 is 0 Å². The third-order valence-electron chi connectivity index (χ3n) is 3.64. The van der Waals surface area contributed by atoms with Crippen LogP contribution in [0.2, 0.25) is 0 Å². The van der Waals surface area contributed by atoms with E-state index in [1.54, 1.807) is 12.3 Å². The van der Waals surface area contributed by atoms with Gasteiger partial charge in [-0.1, -0.05) is 0 Å². The molecule has 6 nitrogen and oxygen atoms in total. The Morgan fingerprint density at radius 1 is 1.32 bits per heavy atom. The van der Waals surface area contributed by atoms with E-state index in [1.165, 1.54) is 4.57 Å². The Kier molecular flexibility index (Phi) is 5.16.